The molecule has 0 bridgehead atoms. The average molecular weight is 216 g/mol. The Morgan fingerprint density at radius 3 is 1.30 bits per heavy atom. The van der Waals surface area contributed by atoms with Crippen LogP contribution >= 0.6 is 10.0 Å². The number of allylic oxidation sites excluding steroid dienone is 4. The van der Waals surface area contributed by atoms with E-state index in [1.165, 1.54) is 20.0 Å². The van der Waals surface area contributed by atoms with E-state index in [0.717, 1.165) is 0 Å². The van der Waals surface area contributed by atoms with Crippen molar-refractivity contribution in [2.24, 2.45) is 0 Å². The first-order valence-electron chi connectivity index (χ1n) is 3.44. The summed E-state index contributed by atoms with van der Waals surface area (Å²) < 4.78 is 2.97. The van der Waals surface area contributed by atoms with Crippen LogP contribution in [-0.4, -0.2) is 13.4 Å². The Kier molecular flexibility index (Phi) is 2.31. The molecule has 0 aromatic heterocycles. The average Bonchev–Trinajstić information content (AvgIpc) is 2.07. The molecule has 0 nitrogen and oxygen atoms in total. The Morgan fingerprint density at radius 1 is 0.900 bits per heavy atom. The summed E-state index contributed by atoms with van der Waals surface area (Å²) in [6.07, 6.45) is 0. The van der Waals surface area contributed by atoms with Gasteiger partial charge in [-0.15, -0.1) is 0 Å². The molecule has 0 atom stereocenters. The predicted octanol–water partition coefficient (Wildman–Crippen LogP) is 2.98. The van der Waals surface area contributed by atoms with Crippen LogP contribution in [0.5, 0.6) is 0 Å². The van der Waals surface area contributed by atoms with Gasteiger partial charge in [-0.1, -0.05) is 0 Å². The Hall–Kier alpha value is 0.313. The van der Waals surface area contributed by atoms with E-state index in [9.17, 15) is 0 Å². The second kappa shape index (κ2) is 2.74. The molecule has 0 unspecified atom stereocenters. The molecular formula is C8H12ClGe. The first kappa shape index (κ1) is 8.41. The minimum atomic E-state index is -1.38. The standard InChI is InChI=1S/C8H12ClGe/c1-5-6(2)8(4)10(9)7(5)3/h1-4H3. The van der Waals surface area contributed by atoms with Crippen LogP contribution in [0.3, 0.4) is 0 Å². The summed E-state index contributed by atoms with van der Waals surface area (Å²) in [6.45, 7) is 8.71. The third-order valence-corrected chi connectivity index (χ3v) is 9.63. The molecule has 0 N–H and O–H groups in total. The molecule has 0 saturated heterocycles. The van der Waals surface area contributed by atoms with E-state index in [-0.39, 0.29) is 0 Å². The molecule has 0 amide bonds. The van der Waals surface area contributed by atoms with Crippen molar-refractivity contribution in [2.75, 3.05) is 0 Å². The second-order valence-corrected chi connectivity index (χ2v) is 9.24. The molecule has 1 heterocycles. The minimum absolute atomic E-state index is 1.38. The Bertz CT molecular complexity index is 201. The number of hydrogen-bond acceptors (Lipinski definition) is 0. The van der Waals surface area contributed by atoms with Crippen LogP contribution in [0.2, 0.25) is 0 Å². The molecule has 0 spiro atoms. The maximum absolute atomic E-state index is 6.25. The molecule has 0 aliphatic carbocycles. The molecule has 1 radical (unpaired) electrons. The van der Waals surface area contributed by atoms with Gasteiger partial charge in [0, 0.05) is 0 Å². The molecule has 2 heteroatoms. The number of halogens is 1. The summed E-state index contributed by atoms with van der Waals surface area (Å²) in [6, 6.07) is 0. The van der Waals surface area contributed by atoms with Crippen molar-refractivity contribution in [3.63, 3.8) is 0 Å². The van der Waals surface area contributed by atoms with E-state index < -0.39 is 13.4 Å². The third kappa shape index (κ3) is 1.08. The van der Waals surface area contributed by atoms with Gasteiger partial charge in [-0.05, 0) is 0 Å². The number of hydrogen-bond donors (Lipinski definition) is 0. The Balaban J connectivity index is 3.09. The third-order valence-electron chi connectivity index (χ3n) is 2.35. The summed E-state index contributed by atoms with van der Waals surface area (Å²) in [4.78, 5) is 0. The van der Waals surface area contributed by atoms with Gasteiger partial charge in [0.15, 0.2) is 0 Å². The molecule has 10 heavy (non-hydrogen) atoms. The van der Waals surface area contributed by atoms with Crippen molar-refractivity contribution in [3.8, 4) is 0 Å². The SMILES string of the molecule is CC1=[C](C)[Ge]([Cl])[C](C)=C1C. The molecule has 1 aliphatic rings. The van der Waals surface area contributed by atoms with E-state index in [0.29, 0.717) is 0 Å². The number of rotatable bonds is 0. The summed E-state index contributed by atoms with van der Waals surface area (Å²) in [5.41, 5.74) is 2.89. The van der Waals surface area contributed by atoms with Gasteiger partial charge in [0.1, 0.15) is 0 Å². The molecule has 0 aromatic carbocycles. The maximum atomic E-state index is 6.25. The van der Waals surface area contributed by atoms with Crippen LogP contribution in [-0.2, 0) is 0 Å². The predicted molar refractivity (Wildman–Crippen MR) is 48.4 cm³/mol. The van der Waals surface area contributed by atoms with Gasteiger partial charge in [-0.2, -0.15) is 0 Å². The van der Waals surface area contributed by atoms with Crippen molar-refractivity contribution in [2.45, 2.75) is 27.7 Å². The van der Waals surface area contributed by atoms with E-state index >= 15 is 0 Å². The zero-order valence-electron chi connectivity index (χ0n) is 6.88. The molecule has 0 saturated carbocycles. The quantitative estimate of drug-likeness (QED) is 0.546. The fourth-order valence-electron chi connectivity index (χ4n) is 1.17. The first-order chi connectivity index (χ1) is 4.55. The van der Waals surface area contributed by atoms with Crippen molar-refractivity contribution < 1.29 is 0 Å². The van der Waals surface area contributed by atoms with Gasteiger partial charge < -0.3 is 0 Å². The van der Waals surface area contributed by atoms with Crippen LogP contribution in [0, 0.1) is 0 Å². The fourth-order valence-corrected chi connectivity index (χ4v) is 5.99. The molecule has 0 aromatic rings. The Labute approximate surface area is 71.2 Å². The van der Waals surface area contributed by atoms with Crippen molar-refractivity contribution in [3.05, 3.63) is 20.0 Å². The van der Waals surface area contributed by atoms with E-state index in [4.69, 9.17) is 10.0 Å². The molecule has 0 fully saturated rings. The van der Waals surface area contributed by atoms with E-state index in [1.807, 2.05) is 0 Å². The van der Waals surface area contributed by atoms with Crippen molar-refractivity contribution in [1.29, 1.82) is 0 Å². The van der Waals surface area contributed by atoms with Gasteiger partial charge in [0.05, 0.1) is 0 Å². The van der Waals surface area contributed by atoms with Gasteiger partial charge in [-0.3, -0.25) is 0 Å². The first-order valence-corrected chi connectivity index (χ1v) is 8.29. The van der Waals surface area contributed by atoms with Gasteiger partial charge in [0.25, 0.3) is 0 Å². The second-order valence-electron chi connectivity index (χ2n) is 2.81. The summed E-state index contributed by atoms with van der Waals surface area (Å²) in [5, 5.41) is 0. The normalized spacial score (nSPS) is 21.3. The van der Waals surface area contributed by atoms with Crippen LogP contribution < -0.4 is 0 Å². The molecule has 55 valence electrons. The fraction of sp³-hybridized carbons (Fsp3) is 0.500. The van der Waals surface area contributed by atoms with Crippen molar-refractivity contribution >= 4 is 23.4 Å². The molecular weight excluding hydrogens is 204 g/mol. The summed E-state index contributed by atoms with van der Waals surface area (Å²) >= 11 is -1.38. The topological polar surface area (TPSA) is 0 Å². The summed E-state index contributed by atoms with van der Waals surface area (Å²) in [5.74, 6) is 0. The monoisotopic (exact) mass is 217 g/mol. The summed E-state index contributed by atoms with van der Waals surface area (Å²) in [7, 11) is 6.25. The van der Waals surface area contributed by atoms with Crippen LogP contribution in [0.25, 0.3) is 0 Å². The van der Waals surface area contributed by atoms with E-state index in [2.05, 4.69) is 27.7 Å². The van der Waals surface area contributed by atoms with Gasteiger partial charge in [0.2, 0.25) is 0 Å². The zero-order valence-corrected chi connectivity index (χ0v) is 9.73. The molecule has 1 rings (SSSR count). The van der Waals surface area contributed by atoms with Gasteiger partial charge in [-0.25, -0.2) is 0 Å². The van der Waals surface area contributed by atoms with Crippen LogP contribution in [0.1, 0.15) is 27.7 Å². The van der Waals surface area contributed by atoms with E-state index in [1.54, 1.807) is 0 Å². The van der Waals surface area contributed by atoms with Crippen LogP contribution in [0.4, 0.5) is 0 Å². The van der Waals surface area contributed by atoms with Crippen LogP contribution in [0.15, 0.2) is 20.0 Å². The molecule has 1 aliphatic heterocycles. The van der Waals surface area contributed by atoms with Crippen molar-refractivity contribution in [1.82, 2.24) is 0 Å². The Morgan fingerprint density at radius 2 is 1.20 bits per heavy atom. The van der Waals surface area contributed by atoms with Gasteiger partial charge >= 0.3 is 71.1 Å². The zero-order chi connectivity index (χ0) is 7.89.